The van der Waals surface area contributed by atoms with Crippen molar-refractivity contribution in [2.75, 3.05) is 13.2 Å². The van der Waals surface area contributed by atoms with Crippen molar-refractivity contribution in [1.82, 2.24) is 0 Å². The van der Waals surface area contributed by atoms with Crippen molar-refractivity contribution >= 4 is 0 Å². The molecule has 0 radical (unpaired) electrons. The van der Waals surface area contributed by atoms with Crippen molar-refractivity contribution < 1.29 is 40.1 Å². The first-order chi connectivity index (χ1) is 15.8. The van der Waals surface area contributed by atoms with E-state index in [0.717, 1.165) is 19.3 Å². The minimum atomic E-state index is -1.54. The predicted molar refractivity (Wildman–Crippen MR) is 125 cm³/mol. The van der Waals surface area contributed by atoms with Gasteiger partial charge in [-0.2, -0.15) is 0 Å². The summed E-state index contributed by atoms with van der Waals surface area (Å²) in [6.07, 6.45) is 5.95. The molecular formula is C24H49NO8. The number of aliphatic hydroxyl groups excluding tert-OH is 6. The number of hydrogen-bond donors (Lipinski definition) is 7. The second kappa shape index (κ2) is 18.0. The van der Waals surface area contributed by atoms with E-state index in [1.165, 1.54) is 57.8 Å². The molecule has 1 fully saturated rings. The minimum Gasteiger partial charge on any atom is -0.394 e. The van der Waals surface area contributed by atoms with Crippen LogP contribution in [-0.2, 0) is 9.47 Å². The van der Waals surface area contributed by atoms with Gasteiger partial charge in [0.05, 0.1) is 31.5 Å². The van der Waals surface area contributed by atoms with Gasteiger partial charge in [0.2, 0.25) is 0 Å². The third-order valence-corrected chi connectivity index (χ3v) is 6.49. The summed E-state index contributed by atoms with van der Waals surface area (Å²) in [5, 5.41) is 59.2. The van der Waals surface area contributed by atoms with E-state index in [1.807, 2.05) is 0 Å². The Morgan fingerprint density at radius 2 is 1.30 bits per heavy atom. The maximum Gasteiger partial charge on any atom is 0.186 e. The molecule has 8 atom stereocenters. The molecule has 198 valence electrons. The molecule has 1 aliphatic rings. The molecule has 1 heterocycles. The summed E-state index contributed by atoms with van der Waals surface area (Å²) in [5.41, 5.74) is 5.91. The Bertz CT molecular complexity index is 470. The van der Waals surface area contributed by atoms with Crippen LogP contribution in [0.5, 0.6) is 0 Å². The summed E-state index contributed by atoms with van der Waals surface area (Å²) in [6, 6.07) is -0.926. The van der Waals surface area contributed by atoms with Gasteiger partial charge in [-0.15, -0.1) is 0 Å². The summed E-state index contributed by atoms with van der Waals surface area (Å²) >= 11 is 0. The summed E-state index contributed by atoms with van der Waals surface area (Å²) in [6.45, 7) is 1.44. The topological polar surface area (TPSA) is 166 Å². The lowest BCUT2D eigenvalue weighted by molar-refractivity contribution is -0.302. The average molecular weight is 480 g/mol. The van der Waals surface area contributed by atoms with Gasteiger partial charge >= 0.3 is 0 Å². The van der Waals surface area contributed by atoms with E-state index in [1.54, 1.807) is 0 Å². The fourth-order valence-electron chi connectivity index (χ4n) is 4.16. The molecule has 0 aromatic heterocycles. The van der Waals surface area contributed by atoms with Crippen LogP contribution in [0.4, 0.5) is 0 Å². The highest BCUT2D eigenvalue weighted by molar-refractivity contribution is 4.89. The molecule has 0 aromatic carbocycles. The van der Waals surface area contributed by atoms with Gasteiger partial charge in [0, 0.05) is 0 Å². The van der Waals surface area contributed by atoms with E-state index in [-0.39, 0.29) is 6.61 Å². The quantitative estimate of drug-likeness (QED) is 0.133. The van der Waals surface area contributed by atoms with Crippen LogP contribution in [0, 0.1) is 0 Å². The molecule has 0 saturated carbocycles. The van der Waals surface area contributed by atoms with Crippen LogP contribution in [0.2, 0.25) is 0 Å². The molecule has 33 heavy (non-hydrogen) atoms. The van der Waals surface area contributed by atoms with E-state index in [2.05, 4.69) is 6.92 Å². The Morgan fingerprint density at radius 1 is 0.788 bits per heavy atom. The molecular weight excluding hydrogens is 430 g/mol. The van der Waals surface area contributed by atoms with E-state index in [0.29, 0.717) is 6.42 Å². The maximum absolute atomic E-state index is 10.3. The molecule has 0 amide bonds. The molecule has 0 aliphatic carbocycles. The van der Waals surface area contributed by atoms with Crippen LogP contribution in [0.1, 0.15) is 90.4 Å². The largest absolute Gasteiger partial charge is 0.394 e. The second-order valence-electron chi connectivity index (χ2n) is 9.43. The van der Waals surface area contributed by atoms with E-state index < -0.39 is 55.6 Å². The number of ether oxygens (including phenoxy) is 2. The zero-order valence-corrected chi connectivity index (χ0v) is 20.3. The van der Waals surface area contributed by atoms with Crippen molar-refractivity contribution in [3.8, 4) is 0 Å². The monoisotopic (exact) mass is 479 g/mol. The van der Waals surface area contributed by atoms with Gasteiger partial charge in [-0.3, -0.25) is 0 Å². The third kappa shape index (κ3) is 11.7. The lowest BCUT2D eigenvalue weighted by atomic mass is 9.99. The summed E-state index contributed by atoms with van der Waals surface area (Å²) in [5.74, 6) is 0. The van der Waals surface area contributed by atoms with Crippen LogP contribution < -0.4 is 5.73 Å². The Labute approximate surface area is 198 Å². The zero-order valence-electron chi connectivity index (χ0n) is 20.3. The second-order valence-corrected chi connectivity index (χ2v) is 9.43. The molecule has 9 nitrogen and oxygen atoms in total. The first-order valence-corrected chi connectivity index (χ1v) is 12.9. The SMILES string of the molecule is CCCCCCCCCCCCCC[C@@H](O)[C@@H](O)[C@@H](N)CO[C@@H]1O[C@H](CO)[C@@H](O)[C@H](O)[C@H]1O. The van der Waals surface area contributed by atoms with Crippen LogP contribution in [0.3, 0.4) is 0 Å². The Hall–Kier alpha value is -0.360. The van der Waals surface area contributed by atoms with Crippen LogP contribution in [0.25, 0.3) is 0 Å². The molecule has 0 unspecified atom stereocenters. The highest BCUT2D eigenvalue weighted by Gasteiger charge is 2.44. The number of unbranched alkanes of at least 4 members (excludes halogenated alkanes) is 11. The van der Waals surface area contributed by atoms with Crippen molar-refractivity contribution in [3.05, 3.63) is 0 Å². The molecule has 0 bridgehead atoms. The fraction of sp³-hybridized carbons (Fsp3) is 1.00. The van der Waals surface area contributed by atoms with Gasteiger partial charge in [0.1, 0.15) is 24.4 Å². The van der Waals surface area contributed by atoms with Crippen molar-refractivity contribution in [2.24, 2.45) is 5.73 Å². The number of rotatable bonds is 19. The highest BCUT2D eigenvalue weighted by atomic mass is 16.7. The Balaban J connectivity index is 2.12. The minimum absolute atomic E-state index is 0.237. The maximum atomic E-state index is 10.3. The lowest BCUT2D eigenvalue weighted by Crippen LogP contribution is -2.60. The number of hydrogen-bond acceptors (Lipinski definition) is 9. The van der Waals surface area contributed by atoms with Crippen molar-refractivity contribution in [1.29, 1.82) is 0 Å². The van der Waals surface area contributed by atoms with Crippen LogP contribution in [0.15, 0.2) is 0 Å². The summed E-state index contributed by atoms with van der Waals surface area (Å²) in [7, 11) is 0. The van der Waals surface area contributed by atoms with Gasteiger partial charge in [-0.05, 0) is 6.42 Å². The van der Waals surface area contributed by atoms with Gasteiger partial charge in [0.25, 0.3) is 0 Å². The van der Waals surface area contributed by atoms with Gasteiger partial charge in [-0.25, -0.2) is 0 Å². The third-order valence-electron chi connectivity index (χ3n) is 6.49. The van der Waals surface area contributed by atoms with Crippen LogP contribution >= 0.6 is 0 Å². The molecule has 1 saturated heterocycles. The fourth-order valence-corrected chi connectivity index (χ4v) is 4.16. The molecule has 8 N–H and O–H groups in total. The molecule has 0 aromatic rings. The summed E-state index contributed by atoms with van der Waals surface area (Å²) < 4.78 is 10.6. The lowest BCUT2D eigenvalue weighted by Gasteiger charge is -2.40. The van der Waals surface area contributed by atoms with Gasteiger partial charge in [-0.1, -0.05) is 84.0 Å². The Morgan fingerprint density at radius 3 is 1.82 bits per heavy atom. The first kappa shape index (κ1) is 30.7. The Kier molecular flexibility index (Phi) is 16.7. The van der Waals surface area contributed by atoms with Crippen LogP contribution in [-0.4, -0.2) is 92.8 Å². The van der Waals surface area contributed by atoms with Gasteiger partial charge in [0.15, 0.2) is 6.29 Å². The number of aliphatic hydroxyl groups is 6. The molecule has 1 aliphatic heterocycles. The standard InChI is InChI=1S/C24H49NO8/c1-2-3-4-5-6-7-8-9-10-11-12-13-14-18(27)20(28)17(25)16-32-24-23(31)22(30)21(29)19(15-26)33-24/h17-24,26-31H,2-16,25H2,1H3/t17-,18+,19+,20-,21+,22-,23+,24+/m0/s1. The average Bonchev–Trinajstić information content (AvgIpc) is 2.82. The van der Waals surface area contributed by atoms with Crippen molar-refractivity contribution in [3.63, 3.8) is 0 Å². The highest BCUT2D eigenvalue weighted by Crippen LogP contribution is 2.22. The smallest absolute Gasteiger partial charge is 0.186 e. The van der Waals surface area contributed by atoms with E-state index in [9.17, 15) is 30.6 Å². The van der Waals surface area contributed by atoms with Crippen molar-refractivity contribution in [2.45, 2.75) is 139 Å². The van der Waals surface area contributed by atoms with E-state index >= 15 is 0 Å². The normalized spacial score (nSPS) is 28.5. The molecule has 9 heteroatoms. The molecule has 0 spiro atoms. The van der Waals surface area contributed by atoms with E-state index in [4.69, 9.17) is 15.2 Å². The van der Waals surface area contributed by atoms with Gasteiger partial charge < -0.3 is 45.8 Å². The first-order valence-electron chi connectivity index (χ1n) is 12.9. The zero-order chi connectivity index (χ0) is 24.6. The molecule has 1 rings (SSSR count). The number of nitrogens with two attached hydrogens (primary N) is 1. The summed E-state index contributed by atoms with van der Waals surface area (Å²) in [4.78, 5) is 0. The predicted octanol–water partition coefficient (Wildman–Crippen LogP) is 0.943.